The number of hydrogen-bond donors (Lipinski definition) is 1. The van der Waals surface area contributed by atoms with Gasteiger partial charge in [-0.3, -0.25) is 0 Å². The summed E-state index contributed by atoms with van der Waals surface area (Å²) in [7, 11) is 0. The van der Waals surface area contributed by atoms with Crippen LogP contribution in [-0.2, 0) is 0 Å². The van der Waals surface area contributed by atoms with Crippen molar-refractivity contribution in [2.75, 3.05) is 5.73 Å². The SMILES string of the molecule is N#Cc1c(Cl)nc2ccccc2c1N. The van der Waals surface area contributed by atoms with Crippen molar-refractivity contribution >= 4 is 28.2 Å². The highest BCUT2D eigenvalue weighted by Crippen LogP contribution is 2.27. The number of hydrogen-bond acceptors (Lipinski definition) is 3. The molecule has 0 unspecified atom stereocenters. The summed E-state index contributed by atoms with van der Waals surface area (Å²) in [6.07, 6.45) is 0. The van der Waals surface area contributed by atoms with Crippen LogP contribution in [0.25, 0.3) is 10.9 Å². The van der Waals surface area contributed by atoms with Gasteiger partial charge in [-0.1, -0.05) is 29.8 Å². The fraction of sp³-hybridized carbons (Fsp3) is 0. The van der Waals surface area contributed by atoms with Crippen LogP contribution in [0.4, 0.5) is 5.69 Å². The van der Waals surface area contributed by atoms with Crippen molar-refractivity contribution in [2.45, 2.75) is 0 Å². The van der Waals surface area contributed by atoms with Gasteiger partial charge in [-0.15, -0.1) is 0 Å². The molecule has 2 rings (SSSR count). The first kappa shape index (κ1) is 8.79. The number of halogens is 1. The number of anilines is 1. The van der Waals surface area contributed by atoms with Gasteiger partial charge in [0.25, 0.3) is 0 Å². The Labute approximate surface area is 85.7 Å². The fourth-order valence-corrected chi connectivity index (χ4v) is 1.55. The summed E-state index contributed by atoms with van der Waals surface area (Å²) in [6, 6.07) is 9.24. The van der Waals surface area contributed by atoms with Gasteiger partial charge in [0.1, 0.15) is 16.8 Å². The van der Waals surface area contributed by atoms with Crippen molar-refractivity contribution in [1.29, 1.82) is 5.26 Å². The fourth-order valence-electron chi connectivity index (χ4n) is 1.31. The van der Waals surface area contributed by atoms with E-state index in [9.17, 15) is 0 Å². The highest BCUT2D eigenvalue weighted by atomic mass is 35.5. The molecule has 2 N–H and O–H groups in total. The Hall–Kier alpha value is -1.79. The maximum atomic E-state index is 8.80. The lowest BCUT2D eigenvalue weighted by molar-refractivity contribution is 1.37. The van der Waals surface area contributed by atoms with Gasteiger partial charge in [-0.25, -0.2) is 4.98 Å². The second-order valence-corrected chi connectivity index (χ2v) is 3.18. The van der Waals surface area contributed by atoms with Gasteiger partial charge in [0, 0.05) is 5.39 Å². The molecule has 1 heterocycles. The number of pyridine rings is 1. The Bertz CT molecular complexity index is 543. The van der Waals surface area contributed by atoms with E-state index in [1.165, 1.54) is 0 Å². The maximum absolute atomic E-state index is 8.80. The van der Waals surface area contributed by atoms with E-state index < -0.39 is 0 Å². The molecule has 2 aromatic rings. The molecule has 14 heavy (non-hydrogen) atoms. The standard InChI is InChI=1S/C10H6ClN3/c11-10-7(5-12)9(13)6-3-1-2-4-8(6)14-10/h1-4H,(H2,13,14). The molecular formula is C10H6ClN3. The minimum Gasteiger partial charge on any atom is -0.397 e. The first-order chi connectivity index (χ1) is 6.74. The van der Waals surface area contributed by atoms with E-state index in [1.54, 1.807) is 6.07 Å². The zero-order valence-corrected chi connectivity index (χ0v) is 7.92. The smallest absolute Gasteiger partial charge is 0.149 e. The lowest BCUT2D eigenvalue weighted by Gasteiger charge is -2.04. The van der Waals surface area contributed by atoms with E-state index in [2.05, 4.69) is 4.98 Å². The van der Waals surface area contributed by atoms with Crippen LogP contribution < -0.4 is 5.73 Å². The first-order valence-corrected chi connectivity index (χ1v) is 4.35. The third kappa shape index (κ3) is 1.17. The predicted octanol–water partition coefficient (Wildman–Crippen LogP) is 2.34. The molecule has 0 fully saturated rings. The van der Waals surface area contributed by atoms with Crippen molar-refractivity contribution in [3.05, 3.63) is 35.0 Å². The van der Waals surface area contributed by atoms with Crippen molar-refractivity contribution < 1.29 is 0 Å². The highest BCUT2D eigenvalue weighted by molar-refractivity contribution is 6.31. The van der Waals surface area contributed by atoms with E-state index in [-0.39, 0.29) is 10.7 Å². The van der Waals surface area contributed by atoms with E-state index in [1.807, 2.05) is 24.3 Å². The van der Waals surface area contributed by atoms with Crippen LogP contribution in [0.1, 0.15) is 5.56 Å². The predicted molar refractivity (Wildman–Crippen MR) is 55.9 cm³/mol. The molecule has 0 saturated carbocycles. The molecule has 0 saturated heterocycles. The number of nitriles is 1. The van der Waals surface area contributed by atoms with Gasteiger partial charge < -0.3 is 5.73 Å². The Morgan fingerprint density at radius 1 is 1.36 bits per heavy atom. The van der Waals surface area contributed by atoms with Crippen LogP contribution in [0.2, 0.25) is 5.15 Å². The molecule has 3 nitrogen and oxygen atoms in total. The molecule has 0 atom stereocenters. The van der Waals surface area contributed by atoms with Gasteiger partial charge in [-0.2, -0.15) is 5.26 Å². The second-order valence-electron chi connectivity index (χ2n) is 2.82. The lowest BCUT2D eigenvalue weighted by atomic mass is 10.1. The van der Waals surface area contributed by atoms with Crippen LogP contribution in [0.15, 0.2) is 24.3 Å². The summed E-state index contributed by atoms with van der Waals surface area (Å²) in [5, 5.41) is 9.72. The molecule has 1 aromatic heterocycles. The number of nitrogens with two attached hydrogens (primary N) is 1. The van der Waals surface area contributed by atoms with Crippen LogP contribution in [0, 0.1) is 11.3 Å². The molecule has 1 aromatic carbocycles. The first-order valence-electron chi connectivity index (χ1n) is 3.98. The zero-order chi connectivity index (χ0) is 10.1. The largest absolute Gasteiger partial charge is 0.397 e. The minimum absolute atomic E-state index is 0.156. The van der Waals surface area contributed by atoms with Crippen LogP contribution >= 0.6 is 11.6 Å². The molecule has 0 amide bonds. The molecule has 0 radical (unpaired) electrons. The monoisotopic (exact) mass is 203 g/mol. The van der Waals surface area contributed by atoms with Crippen LogP contribution in [-0.4, -0.2) is 4.98 Å². The molecule has 0 aliphatic heterocycles. The normalized spacial score (nSPS) is 10.0. The average molecular weight is 204 g/mol. The van der Waals surface area contributed by atoms with E-state index in [0.717, 1.165) is 5.39 Å². The quantitative estimate of drug-likeness (QED) is 0.669. The van der Waals surface area contributed by atoms with E-state index >= 15 is 0 Å². The second kappa shape index (κ2) is 3.17. The third-order valence-corrected chi connectivity index (χ3v) is 2.27. The topological polar surface area (TPSA) is 62.7 Å². The van der Waals surface area contributed by atoms with Crippen LogP contribution in [0.5, 0.6) is 0 Å². The summed E-state index contributed by atoms with van der Waals surface area (Å²) >= 11 is 5.80. The zero-order valence-electron chi connectivity index (χ0n) is 7.16. The van der Waals surface area contributed by atoms with Crippen molar-refractivity contribution in [3.8, 4) is 6.07 Å². The highest BCUT2D eigenvalue weighted by Gasteiger charge is 2.09. The molecule has 4 heteroatoms. The number of fused-ring (bicyclic) bond motifs is 1. The summed E-state index contributed by atoms with van der Waals surface area (Å²) < 4.78 is 0. The summed E-state index contributed by atoms with van der Waals surface area (Å²) in [5.74, 6) is 0. The molecule has 0 spiro atoms. The molecule has 0 aliphatic carbocycles. The van der Waals surface area contributed by atoms with Gasteiger partial charge in [0.15, 0.2) is 0 Å². The number of benzene rings is 1. The number of nitrogen functional groups attached to an aromatic ring is 1. The summed E-state index contributed by atoms with van der Waals surface area (Å²) in [4.78, 5) is 4.07. The molecule has 0 aliphatic rings. The Morgan fingerprint density at radius 3 is 2.79 bits per heavy atom. The molecule has 0 bridgehead atoms. The third-order valence-electron chi connectivity index (χ3n) is 2.00. The van der Waals surface area contributed by atoms with Crippen molar-refractivity contribution in [3.63, 3.8) is 0 Å². The van der Waals surface area contributed by atoms with E-state index in [4.69, 9.17) is 22.6 Å². The Morgan fingerprint density at radius 2 is 2.07 bits per heavy atom. The summed E-state index contributed by atoms with van der Waals surface area (Å²) in [5.41, 5.74) is 7.12. The van der Waals surface area contributed by atoms with Gasteiger partial charge >= 0.3 is 0 Å². The number of nitrogens with zero attached hydrogens (tertiary/aromatic N) is 2. The van der Waals surface area contributed by atoms with Gasteiger partial charge in [0.05, 0.1) is 11.2 Å². The van der Waals surface area contributed by atoms with Crippen LogP contribution in [0.3, 0.4) is 0 Å². The maximum Gasteiger partial charge on any atom is 0.149 e. The van der Waals surface area contributed by atoms with Gasteiger partial charge in [0.2, 0.25) is 0 Å². The Balaban J connectivity index is 2.95. The molecule has 68 valence electrons. The van der Waals surface area contributed by atoms with Gasteiger partial charge in [-0.05, 0) is 6.07 Å². The lowest BCUT2D eigenvalue weighted by Crippen LogP contribution is -1.95. The van der Waals surface area contributed by atoms with Crippen molar-refractivity contribution in [2.24, 2.45) is 0 Å². The number of aromatic nitrogens is 1. The van der Waals surface area contributed by atoms with E-state index in [0.29, 0.717) is 11.2 Å². The van der Waals surface area contributed by atoms with Crippen molar-refractivity contribution in [1.82, 2.24) is 4.98 Å². The summed E-state index contributed by atoms with van der Waals surface area (Å²) in [6.45, 7) is 0. The Kier molecular flexibility index (Phi) is 1.99. The number of para-hydroxylation sites is 1. The minimum atomic E-state index is 0.156. The number of rotatable bonds is 0. The molecular weight excluding hydrogens is 198 g/mol. The average Bonchev–Trinajstić information content (AvgIpc) is 2.18.